The van der Waals surface area contributed by atoms with Crippen LogP contribution < -0.4 is 5.73 Å². The fourth-order valence-corrected chi connectivity index (χ4v) is 4.39. The quantitative estimate of drug-likeness (QED) is 0.821. The number of carbonyl (C=O) groups excluding carboxylic acids is 1. The Morgan fingerprint density at radius 1 is 1.33 bits per heavy atom. The maximum atomic E-state index is 14.2. The molecule has 7 nitrogen and oxygen atoms in total. The van der Waals surface area contributed by atoms with Crippen molar-refractivity contribution in [2.75, 3.05) is 20.7 Å². The van der Waals surface area contributed by atoms with Gasteiger partial charge in [-0.3, -0.25) is 9.69 Å². The zero-order valence-corrected chi connectivity index (χ0v) is 17.4. The third kappa shape index (κ3) is 3.61. The summed E-state index contributed by atoms with van der Waals surface area (Å²) in [6.07, 6.45) is -0.0747. The van der Waals surface area contributed by atoms with Crippen LogP contribution in [0.1, 0.15) is 47.0 Å². The van der Waals surface area contributed by atoms with E-state index in [2.05, 4.69) is 9.88 Å². The second-order valence-corrected chi connectivity index (χ2v) is 8.15. The van der Waals surface area contributed by atoms with Gasteiger partial charge in [0.1, 0.15) is 17.7 Å². The molecule has 2 N–H and O–H groups in total. The van der Waals surface area contributed by atoms with Crippen molar-refractivity contribution in [2.24, 2.45) is 5.73 Å². The Morgan fingerprint density at radius 2 is 2.10 bits per heavy atom. The Kier molecular flexibility index (Phi) is 5.61. The minimum Gasteiger partial charge on any atom is -0.370 e. The number of amides is 1. The summed E-state index contributed by atoms with van der Waals surface area (Å²) in [5, 5.41) is 0. The van der Waals surface area contributed by atoms with Crippen molar-refractivity contribution in [3.8, 4) is 0 Å². The Balaban J connectivity index is 1.47. The number of rotatable bonds is 4. The van der Waals surface area contributed by atoms with Crippen LogP contribution in [0.15, 0.2) is 18.2 Å². The molecule has 0 unspecified atom stereocenters. The molecule has 3 atom stereocenters. The highest BCUT2D eigenvalue weighted by atomic mass is 19.1. The van der Waals surface area contributed by atoms with Crippen LogP contribution in [0.4, 0.5) is 8.78 Å². The summed E-state index contributed by atoms with van der Waals surface area (Å²) in [5.41, 5.74) is 8.41. The number of imidazole rings is 1. The molecule has 2 aromatic rings. The molecule has 0 radical (unpaired) electrons. The van der Waals surface area contributed by atoms with E-state index in [0.717, 1.165) is 29.6 Å². The second kappa shape index (κ2) is 8.05. The van der Waals surface area contributed by atoms with Gasteiger partial charge in [-0.2, -0.15) is 0 Å². The lowest BCUT2D eigenvalue weighted by molar-refractivity contribution is -0.0535. The van der Waals surface area contributed by atoms with E-state index in [1.807, 2.05) is 11.5 Å². The van der Waals surface area contributed by atoms with Crippen LogP contribution in [-0.4, -0.2) is 58.0 Å². The van der Waals surface area contributed by atoms with E-state index < -0.39 is 23.8 Å². The summed E-state index contributed by atoms with van der Waals surface area (Å²) >= 11 is 0. The molecule has 1 saturated heterocycles. The van der Waals surface area contributed by atoms with Crippen molar-refractivity contribution < 1.29 is 18.3 Å². The molecule has 0 aliphatic carbocycles. The Bertz CT molecular complexity index is 961. The monoisotopic (exact) mass is 419 g/mol. The lowest BCUT2D eigenvalue weighted by Gasteiger charge is -2.38. The summed E-state index contributed by atoms with van der Waals surface area (Å²) in [7, 11) is 3.43. The van der Waals surface area contributed by atoms with Crippen molar-refractivity contribution in [2.45, 2.75) is 51.2 Å². The molecule has 1 aromatic carbocycles. The smallest absolute Gasteiger partial charge is 0.289 e. The van der Waals surface area contributed by atoms with Crippen molar-refractivity contribution in [3.05, 3.63) is 52.6 Å². The summed E-state index contributed by atoms with van der Waals surface area (Å²) < 4.78 is 35.6. The first kappa shape index (κ1) is 20.9. The van der Waals surface area contributed by atoms with Crippen LogP contribution in [0.25, 0.3) is 0 Å². The fraction of sp³-hybridized carbons (Fsp3) is 0.524. The Labute approximate surface area is 174 Å². The molecule has 4 rings (SSSR count). The molecule has 162 valence electrons. The summed E-state index contributed by atoms with van der Waals surface area (Å²) in [5.74, 6) is -0.667. The van der Waals surface area contributed by atoms with Crippen LogP contribution in [0, 0.1) is 11.6 Å². The number of benzene rings is 1. The van der Waals surface area contributed by atoms with E-state index in [1.54, 1.807) is 14.1 Å². The molecule has 2 aliphatic rings. The summed E-state index contributed by atoms with van der Waals surface area (Å²) in [6.45, 7) is 4.28. The van der Waals surface area contributed by atoms with Crippen molar-refractivity contribution >= 4 is 5.91 Å². The molecule has 3 heterocycles. The third-order valence-electron chi connectivity index (χ3n) is 5.96. The van der Waals surface area contributed by atoms with Crippen LogP contribution >= 0.6 is 0 Å². The van der Waals surface area contributed by atoms with E-state index in [0.29, 0.717) is 38.5 Å². The number of hydrogen-bond acceptors (Lipinski definition) is 5. The average Bonchev–Trinajstić information content (AvgIpc) is 3.27. The first-order valence-electron chi connectivity index (χ1n) is 10.2. The number of aromatic nitrogens is 2. The van der Waals surface area contributed by atoms with Crippen LogP contribution in [-0.2, 0) is 24.4 Å². The van der Waals surface area contributed by atoms with Crippen molar-refractivity contribution in [1.82, 2.24) is 19.4 Å². The predicted octanol–water partition coefficient (Wildman–Crippen LogP) is 2.06. The highest BCUT2D eigenvalue weighted by Crippen LogP contribution is 2.34. The van der Waals surface area contributed by atoms with Gasteiger partial charge in [-0.1, -0.05) is 0 Å². The van der Waals surface area contributed by atoms with E-state index in [9.17, 15) is 13.6 Å². The number of halogens is 2. The molecule has 0 spiro atoms. The second-order valence-electron chi connectivity index (χ2n) is 8.15. The van der Waals surface area contributed by atoms with Crippen molar-refractivity contribution in [3.63, 3.8) is 0 Å². The predicted molar refractivity (Wildman–Crippen MR) is 107 cm³/mol. The van der Waals surface area contributed by atoms with Gasteiger partial charge in [-0.15, -0.1) is 0 Å². The number of hydrogen-bond donors (Lipinski definition) is 1. The van der Waals surface area contributed by atoms with Gasteiger partial charge in [-0.05, 0) is 31.5 Å². The number of carbonyl (C=O) groups is 1. The van der Waals surface area contributed by atoms with Gasteiger partial charge in [0, 0.05) is 51.4 Å². The summed E-state index contributed by atoms with van der Waals surface area (Å²) in [6, 6.07) is 2.94. The highest BCUT2D eigenvalue weighted by Gasteiger charge is 2.38. The molecular weight excluding hydrogens is 392 g/mol. The number of ether oxygens (including phenoxy) is 1. The Morgan fingerprint density at radius 3 is 2.77 bits per heavy atom. The van der Waals surface area contributed by atoms with Crippen molar-refractivity contribution in [1.29, 1.82) is 0 Å². The first-order valence-corrected chi connectivity index (χ1v) is 10.2. The molecular formula is C21H27F2N5O2. The van der Waals surface area contributed by atoms with Gasteiger partial charge >= 0.3 is 0 Å². The van der Waals surface area contributed by atoms with Crippen LogP contribution in [0.2, 0.25) is 0 Å². The van der Waals surface area contributed by atoms with Gasteiger partial charge in [0.2, 0.25) is 0 Å². The van der Waals surface area contributed by atoms with Crippen LogP contribution in [0.5, 0.6) is 0 Å². The molecule has 0 saturated carbocycles. The highest BCUT2D eigenvalue weighted by molar-refractivity contribution is 5.90. The van der Waals surface area contributed by atoms with Gasteiger partial charge in [0.15, 0.2) is 5.82 Å². The van der Waals surface area contributed by atoms with Gasteiger partial charge in [0.05, 0.1) is 18.0 Å². The molecule has 1 amide bonds. The van der Waals surface area contributed by atoms with E-state index >= 15 is 0 Å². The Hall–Kier alpha value is -2.36. The normalized spacial score (nSPS) is 24.1. The minimum atomic E-state index is -0.672. The maximum Gasteiger partial charge on any atom is 0.289 e. The lowest BCUT2D eigenvalue weighted by Crippen LogP contribution is -2.48. The van der Waals surface area contributed by atoms with Gasteiger partial charge < -0.3 is 19.9 Å². The average molecular weight is 419 g/mol. The standard InChI is InChI=1S/C21H27F2N5O2/c1-4-28-18-10-27(9-17(18)25-20(28)21(29)26(2)3)13-8-16(24)19(30-11-13)14-7-12(22)5-6-15(14)23/h5-7,13,16,19H,4,8-11,24H2,1-3H3/t13-,16+,19-/m1/s1. The molecule has 1 aromatic heterocycles. The maximum absolute atomic E-state index is 14.2. The number of nitrogens with zero attached hydrogens (tertiary/aromatic N) is 4. The third-order valence-corrected chi connectivity index (χ3v) is 5.96. The zero-order valence-electron chi connectivity index (χ0n) is 17.4. The van der Waals surface area contributed by atoms with E-state index in [-0.39, 0.29) is 17.5 Å². The topological polar surface area (TPSA) is 76.6 Å². The lowest BCUT2D eigenvalue weighted by atomic mass is 9.93. The summed E-state index contributed by atoms with van der Waals surface area (Å²) in [4.78, 5) is 20.8. The molecule has 30 heavy (non-hydrogen) atoms. The van der Waals surface area contributed by atoms with Gasteiger partial charge in [0.25, 0.3) is 5.91 Å². The zero-order chi connectivity index (χ0) is 21.6. The molecule has 1 fully saturated rings. The van der Waals surface area contributed by atoms with Crippen LogP contribution in [0.3, 0.4) is 0 Å². The SMILES string of the molecule is CCn1c(C(=O)N(C)C)nc2c1CN([C@H]1CO[C@H](c3cc(F)ccc3F)[C@@H](N)C1)C2. The largest absolute Gasteiger partial charge is 0.370 e. The first-order chi connectivity index (χ1) is 14.3. The molecule has 9 heteroatoms. The molecule has 0 bridgehead atoms. The molecule has 2 aliphatic heterocycles. The minimum absolute atomic E-state index is 0.0420. The number of fused-ring (bicyclic) bond motifs is 1. The van der Waals surface area contributed by atoms with Gasteiger partial charge in [-0.25, -0.2) is 13.8 Å². The van der Waals surface area contributed by atoms with E-state index in [4.69, 9.17) is 10.5 Å². The van der Waals surface area contributed by atoms with E-state index in [1.165, 1.54) is 4.90 Å². The fourth-order valence-electron chi connectivity index (χ4n) is 4.39. The number of nitrogens with two attached hydrogens (primary N) is 1.